The molecule has 2 saturated carbocycles. The second-order valence-corrected chi connectivity index (χ2v) is 7.41. The van der Waals surface area contributed by atoms with E-state index in [2.05, 4.69) is 59.0 Å². The molecule has 0 saturated heterocycles. The van der Waals surface area contributed by atoms with Gasteiger partial charge in [-0.25, -0.2) is 0 Å². The Morgan fingerprint density at radius 2 is 1.25 bits per heavy atom. The fourth-order valence-corrected chi connectivity index (χ4v) is 4.47. The van der Waals surface area contributed by atoms with Crippen molar-refractivity contribution in [3.8, 4) is 0 Å². The molecule has 16 heavy (non-hydrogen) atoms. The molecule has 3 rings (SSSR count). The molecular weight excluding hydrogens is 422 g/mol. The molecule has 0 radical (unpaired) electrons. The van der Waals surface area contributed by atoms with Gasteiger partial charge in [-0.15, -0.1) is 0 Å². The zero-order chi connectivity index (χ0) is 11.4. The number of hydrogen-bond donors (Lipinski definition) is 0. The molecule has 0 amide bonds. The van der Waals surface area contributed by atoms with E-state index in [0.717, 1.165) is 11.8 Å². The fraction of sp³-hybridized carbons (Fsp3) is 0.571. The Labute approximate surface area is 125 Å². The van der Waals surface area contributed by atoms with Crippen molar-refractivity contribution in [2.24, 2.45) is 0 Å². The summed E-state index contributed by atoms with van der Waals surface area (Å²) < 4.78 is 3.06. The zero-order valence-corrected chi connectivity index (χ0v) is 14.1. The summed E-state index contributed by atoms with van der Waals surface area (Å²) in [7, 11) is 0. The first-order valence-corrected chi connectivity index (χ1v) is 8.25. The normalized spacial score (nSPS) is 20.2. The number of rotatable bonds is 2. The van der Waals surface area contributed by atoms with E-state index >= 15 is 0 Å². The average Bonchev–Trinajstić information content (AvgIpc) is 3.10. The number of benzene rings is 1. The molecule has 2 fully saturated rings. The van der Waals surface area contributed by atoms with Gasteiger partial charge in [-0.1, -0.05) is 0 Å². The molecule has 0 spiro atoms. The Morgan fingerprint density at radius 3 is 1.75 bits per heavy atom. The van der Waals surface area contributed by atoms with Crippen LogP contribution >= 0.6 is 45.2 Å². The third-order valence-corrected chi connectivity index (χ3v) is 7.49. The molecule has 1 aromatic carbocycles. The van der Waals surface area contributed by atoms with Gasteiger partial charge in [0.1, 0.15) is 0 Å². The highest BCUT2D eigenvalue weighted by Gasteiger charge is 2.36. The summed E-state index contributed by atoms with van der Waals surface area (Å²) in [5, 5.41) is 0. The fourth-order valence-electron chi connectivity index (χ4n) is 2.64. The van der Waals surface area contributed by atoms with Gasteiger partial charge in [-0.3, -0.25) is 0 Å². The third kappa shape index (κ3) is 1.84. The van der Waals surface area contributed by atoms with Crippen LogP contribution in [0.2, 0.25) is 0 Å². The molecule has 0 unspecified atom stereocenters. The standard InChI is InChI=1S/C14H16I2/c1-7-8(2)13(15)14(16)12(10-5-6-10)11(7)9-3-4-9/h9-10H,3-6H2,1-2H3. The minimum atomic E-state index is 0.898. The molecule has 86 valence electrons. The maximum atomic E-state index is 2.58. The van der Waals surface area contributed by atoms with E-state index in [0.29, 0.717) is 0 Å². The summed E-state index contributed by atoms with van der Waals surface area (Å²) in [6.07, 6.45) is 5.70. The van der Waals surface area contributed by atoms with Crippen molar-refractivity contribution >= 4 is 45.2 Å². The number of halogens is 2. The first kappa shape index (κ1) is 11.8. The van der Waals surface area contributed by atoms with Crippen LogP contribution in [0, 0.1) is 21.0 Å². The van der Waals surface area contributed by atoms with Gasteiger partial charge in [0.25, 0.3) is 0 Å². The lowest BCUT2D eigenvalue weighted by Crippen LogP contribution is -2.04. The van der Waals surface area contributed by atoms with Gasteiger partial charge in [0.05, 0.1) is 0 Å². The highest BCUT2D eigenvalue weighted by Crippen LogP contribution is 2.53. The summed E-state index contributed by atoms with van der Waals surface area (Å²) in [6, 6.07) is 0. The van der Waals surface area contributed by atoms with Gasteiger partial charge in [0.15, 0.2) is 0 Å². The molecule has 2 aliphatic carbocycles. The minimum Gasteiger partial charge on any atom is -0.0458 e. The molecule has 0 heterocycles. The molecular formula is C14H16I2. The van der Waals surface area contributed by atoms with E-state index < -0.39 is 0 Å². The molecule has 0 aromatic heterocycles. The summed E-state index contributed by atoms with van der Waals surface area (Å²) in [4.78, 5) is 0. The van der Waals surface area contributed by atoms with Gasteiger partial charge < -0.3 is 0 Å². The highest BCUT2D eigenvalue weighted by molar-refractivity contribution is 14.1. The van der Waals surface area contributed by atoms with Crippen LogP contribution in [-0.2, 0) is 0 Å². The van der Waals surface area contributed by atoms with E-state index in [4.69, 9.17) is 0 Å². The lowest BCUT2D eigenvalue weighted by Gasteiger charge is -2.18. The summed E-state index contributed by atoms with van der Waals surface area (Å²) >= 11 is 5.12. The van der Waals surface area contributed by atoms with Crippen LogP contribution in [0.5, 0.6) is 0 Å². The highest BCUT2D eigenvalue weighted by atomic mass is 127. The Balaban J connectivity index is 2.26. The Kier molecular flexibility index (Phi) is 3.02. The molecule has 0 bridgehead atoms. The van der Waals surface area contributed by atoms with Crippen LogP contribution in [0.1, 0.15) is 59.8 Å². The SMILES string of the molecule is Cc1c(C)c(C2CC2)c(C2CC2)c(I)c1I. The Morgan fingerprint density at radius 1 is 0.750 bits per heavy atom. The van der Waals surface area contributed by atoms with E-state index in [-0.39, 0.29) is 0 Å². The predicted octanol–water partition coefficient (Wildman–Crippen LogP) is 5.27. The number of hydrogen-bond acceptors (Lipinski definition) is 0. The molecule has 0 atom stereocenters. The third-order valence-electron chi connectivity index (χ3n) is 3.99. The average molecular weight is 438 g/mol. The molecule has 2 heteroatoms. The van der Waals surface area contributed by atoms with Crippen molar-refractivity contribution in [1.82, 2.24) is 0 Å². The maximum absolute atomic E-state index is 2.58. The van der Waals surface area contributed by atoms with Crippen LogP contribution in [-0.4, -0.2) is 0 Å². The van der Waals surface area contributed by atoms with Gasteiger partial charge >= 0.3 is 0 Å². The predicted molar refractivity (Wildman–Crippen MR) is 85.3 cm³/mol. The first-order valence-electron chi connectivity index (χ1n) is 6.09. The van der Waals surface area contributed by atoms with Crippen molar-refractivity contribution in [3.05, 3.63) is 29.4 Å². The van der Waals surface area contributed by atoms with Crippen molar-refractivity contribution in [1.29, 1.82) is 0 Å². The largest absolute Gasteiger partial charge is 0.0458 e. The lowest BCUT2D eigenvalue weighted by molar-refractivity contribution is 0.977. The van der Waals surface area contributed by atoms with E-state index in [1.165, 1.54) is 34.8 Å². The van der Waals surface area contributed by atoms with Gasteiger partial charge in [-0.05, 0) is 119 Å². The molecule has 1 aromatic rings. The Hall–Kier alpha value is 0.680. The van der Waals surface area contributed by atoms with Gasteiger partial charge in [0.2, 0.25) is 0 Å². The topological polar surface area (TPSA) is 0 Å². The van der Waals surface area contributed by atoms with Crippen LogP contribution in [0.3, 0.4) is 0 Å². The van der Waals surface area contributed by atoms with Crippen molar-refractivity contribution in [3.63, 3.8) is 0 Å². The maximum Gasteiger partial charge on any atom is 0.0304 e. The quantitative estimate of drug-likeness (QED) is 0.553. The van der Waals surface area contributed by atoms with Crippen LogP contribution in [0.15, 0.2) is 0 Å². The first-order chi connectivity index (χ1) is 7.61. The van der Waals surface area contributed by atoms with E-state index in [1.54, 1.807) is 20.3 Å². The van der Waals surface area contributed by atoms with Crippen molar-refractivity contribution in [2.75, 3.05) is 0 Å². The lowest BCUT2D eigenvalue weighted by atomic mass is 9.92. The molecule has 0 aliphatic heterocycles. The second-order valence-electron chi connectivity index (χ2n) is 5.25. The van der Waals surface area contributed by atoms with E-state index in [1.807, 2.05) is 0 Å². The monoisotopic (exact) mass is 438 g/mol. The molecule has 2 aliphatic rings. The smallest absolute Gasteiger partial charge is 0.0304 e. The Bertz CT molecular complexity index is 412. The second kappa shape index (κ2) is 4.11. The summed E-state index contributed by atoms with van der Waals surface area (Å²) in [5.41, 5.74) is 6.59. The minimum absolute atomic E-state index is 0.898. The molecule has 0 nitrogen and oxygen atoms in total. The molecule has 0 N–H and O–H groups in total. The van der Waals surface area contributed by atoms with Gasteiger partial charge in [-0.2, -0.15) is 0 Å². The van der Waals surface area contributed by atoms with Crippen LogP contribution in [0.4, 0.5) is 0 Å². The zero-order valence-electron chi connectivity index (χ0n) is 9.74. The van der Waals surface area contributed by atoms with Crippen LogP contribution < -0.4 is 0 Å². The summed E-state index contributed by atoms with van der Waals surface area (Å²) in [5.74, 6) is 1.80. The van der Waals surface area contributed by atoms with Gasteiger partial charge in [0, 0.05) is 7.14 Å². The van der Waals surface area contributed by atoms with Crippen LogP contribution in [0.25, 0.3) is 0 Å². The summed E-state index contributed by atoms with van der Waals surface area (Å²) in [6.45, 7) is 4.63. The van der Waals surface area contributed by atoms with E-state index in [9.17, 15) is 0 Å². The van der Waals surface area contributed by atoms with Crippen molar-refractivity contribution in [2.45, 2.75) is 51.4 Å². The van der Waals surface area contributed by atoms with Crippen molar-refractivity contribution < 1.29 is 0 Å².